The van der Waals surface area contributed by atoms with E-state index in [4.69, 9.17) is 15.1 Å². The number of aromatic nitrogens is 6. The van der Waals surface area contributed by atoms with Crippen LogP contribution in [-0.2, 0) is 17.8 Å². The number of hydrogen-bond acceptors (Lipinski definition) is 8. The number of likely N-dealkylation sites (N-methyl/N-ethyl adjacent to an activating group) is 1. The van der Waals surface area contributed by atoms with Crippen LogP contribution in [0.15, 0.2) is 18.5 Å². The average molecular weight is 693 g/mol. The standard InChI is InChI=1S/C32H41F5N10O2/c1-3-46-25(8-11-39-46)29(49)41-26(18-6-9-31(33,34)10-7-18)24-17-47-30(40-24)42-27(45-15-21-4-5-22(16-45)44(21)2)23(43-47)13-19-12-20(32(35,36)37)14-38-28(19)48/h8,11,17-22,26H,3-7,9-10,12-16H2,1-2H3,(H,38,48)(H,41,49)/t19-,20-,21?,22?,26+/m1/s1. The van der Waals surface area contributed by atoms with E-state index < -0.39 is 48.3 Å². The van der Waals surface area contributed by atoms with Gasteiger partial charge < -0.3 is 15.5 Å². The maximum absolute atomic E-state index is 14.2. The molecule has 266 valence electrons. The van der Waals surface area contributed by atoms with E-state index in [-0.39, 0.29) is 62.3 Å². The van der Waals surface area contributed by atoms with Crippen LogP contribution in [-0.4, -0.2) is 96.9 Å². The van der Waals surface area contributed by atoms with Crippen LogP contribution in [0.3, 0.4) is 0 Å². The highest BCUT2D eigenvalue weighted by Gasteiger charge is 2.46. The fourth-order valence-electron chi connectivity index (χ4n) is 8.07. The lowest BCUT2D eigenvalue weighted by Gasteiger charge is -2.40. The van der Waals surface area contributed by atoms with Crippen LogP contribution >= 0.6 is 0 Å². The van der Waals surface area contributed by atoms with Crippen LogP contribution in [0.25, 0.3) is 5.78 Å². The van der Waals surface area contributed by atoms with Crippen LogP contribution in [0.1, 0.15) is 79.8 Å². The van der Waals surface area contributed by atoms with Gasteiger partial charge in [-0.1, -0.05) is 0 Å². The van der Waals surface area contributed by atoms with Gasteiger partial charge in [-0.05, 0) is 58.1 Å². The molecule has 3 aliphatic heterocycles. The smallest absolute Gasteiger partial charge is 0.355 e. The zero-order valence-electron chi connectivity index (χ0n) is 27.5. The van der Waals surface area contributed by atoms with Crippen LogP contribution in [0.4, 0.5) is 27.8 Å². The van der Waals surface area contributed by atoms with Crippen molar-refractivity contribution >= 4 is 23.4 Å². The number of hydrogen-bond donors (Lipinski definition) is 2. The van der Waals surface area contributed by atoms with Crippen molar-refractivity contribution in [1.29, 1.82) is 0 Å². The lowest BCUT2D eigenvalue weighted by molar-refractivity contribution is -0.183. The SMILES string of the molecule is CCn1nccc1C(=O)N[C@H](c1cn2nc(C[C@H]3C[C@@H](C(F)(F)F)CNC3=O)c(N3CC4CCC(C3)N4C)nc2n1)C1CCC(F)(F)CC1. The molecular formula is C32H41F5N10O2. The third-order valence-electron chi connectivity index (χ3n) is 11.0. The molecule has 2 amide bonds. The summed E-state index contributed by atoms with van der Waals surface area (Å²) < 4.78 is 72.5. The molecule has 2 bridgehead atoms. The second kappa shape index (κ2) is 12.8. The number of piperazine rings is 1. The minimum atomic E-state index is -4.45. The van der Waals surface area contributed by atoms with Gasteiger partial charge in [0, 0.05) is 69.6 Å². The van der Waals surface area contributed by atoms with E-state index in [0.717, 1.165) is 12.8 Å². The number of carbonyl (C=O) groups excluding carboxylic acids is 2. The van der Waals surface area contributed by atoms with Gasteiger partial charge >= 0.3 is 6.18 Å². The van der Waals surface area contributed by atoms with Crippen molar-refractivity contribution in [2.45, 2.75) is 95.1 Å². The monoisotopic (exact) mass is 692 g/mol. The Morgan fingerprint density at radius 2 is 1.84 bits per heavy atom. The molecule has 0 spiro atoms. The normalized spacial score (nSPS) is 27.0. The van der Waals surface area contributed by atoms with E-state index in [0.29, 0.717) is 42.5 Å². The summed E-state index contributed by atoms with van der Waals surface area (Å²) in [6.45, 7) is 3.13. The number of amides is 2. The number of imidazole rings is 1. The molecule has 2 N–H and O–H groups in total. The third-order valence-corrected chi connectivity index (χ3v) is 11.0. The highest BCUT2D eigenvalue weighted by Crippen LogP contribution is 2.42. The Morgan fingerprint density at radius 3 is 2.51 bits per heavy atom. The Morgan fingerprint density at radius 1 is 1.12 bits per heavy atom. The zero-order valence-corrected chi connectivity index (χ0v) is 27.5. The van der Waals surface area contributed by atoms with Gasteiger partial charge in [0.05, 0.1) is 23.9 Å². The number of nitrogens with zero attached hydrogens (tertiary/aromatic N) is 8. The molecule has 1 saturated carbocycles. The summed E-state index contributed by atoms with van der Waals surface area (Å²) in [5.74, 6) is -5.94. The third kappa shape index (κ3) is 6.69. The number of halogens is 5. The molecule has 49 heavy (non-hydrogen) atoms. The first-order chi connectivity index (χ1) is 23.3. The van der Waals surface area contributed by atoms with Crippen LogP contribution in [0.5, 0.6) is 0 Å². The number of aryl methyl sites for hydroxylation is 1. The first-order valence-corrected chi connectivity index (χ1v) is 17.1. The largest absolute Gasteiger partial charge is 0.393 e. The van der Waals surface area contributed by atoms with E-state index in [1.54, 1.807) is 16.9 Å². The summed E-state index contributed by atoms with van der Waals surface area (Å²) in [6.07, 6.45) is -0.0291. The molecule has 5 atom stereocenters. The zero-order chi connectivity index (χ0) is 34.7. The molecule has 4 fully saturated rings. The summed E-state index contributed by atoms with van der Waals surface area (Å²) in [5.41, 5.74) is 1.10. The van der Waals surface area contributed by atoms with Gasteiger partial charge in [0.2, 0.25) is 11.8 Å². The highest BCUT2D eigenvalue weighted by atomic mass is 19.4. The fraction of sp³-hybridized carbons (Fsp3) is 0.688. The van der Waals surface area contributed by atoms with Crippen molar-refractivity contribution in [3.63, 3.8) is 0 Å². The number of fused-ring (bicyclic) bond motifs is 3. The van der Waals surface area contributed by atoms with Crippen LogP contribution in [0, 0.1) is 17.8 Å². The highest BCUT2D eigenvalue weighted by molar-refractivity contribution is 5.92. The van der Waals surface area contributed by atoms with Crippen molar-refractivity contribution in [1.82, 2.24) is 44.9 Å². The predicted octanol–water partition coefficient (Wildman–Crippen LogP) is 3.78. The summed E-state index contributed by atoms with van der Waals surface area (Å²) in [7, 11) is 2.09. The van der Waals surface area contributed by atoms with E-state index in [1.165, 1.54) is 10.7 Å². The van der Waals surface area contributed by atoms with Crippen molar-refractivity contribution in [2.75, 3.05) is 31.6 Å². The Labute approximate surface area is 279 Å². The second-order valence-corrected chi connectivity index (χ2v) is 14.0. The molecule has 0 aromatic carbocycles. The van der Waals surface area contributed by atoms with Gasteiger partial charge in [-0.15, -0.1) is 0 Å². The number of rotatable bonds is 8. The van der Waals surface area contributed by atoms with Gasteiger partial charge in [0.25, 0.3) is 11.7 Å². The van der Waals surface area contributed by atoms with E-state index in [2.05, 4.69) is 32.6 Å². The molecule has 3 saturated heterocycles. The maximum Gasteiger partial charge on any atom is 0.393 e. The van der Waals surface area contributed by atoms with E-state index >= 15 is 0 Å². The molecule has 1 aliphatic carbocycles. The number of alkyl halides is 5. The average Bonchev–Trinajstić information content (AvgIpc) is 3.74. The summed E-state index contributed by atoms with van der Waals surface area (Å²) in [5, 5.41) is 14.4. The quantitative estimate of drug-likeness (QED) is 0.342. The number of piperidine rings is 1. The van der Waals surface area contributed by atoms with Crippen molar-refractivity contribution in [2.24, 2.45) is 17.8 Å². The Balaban J connectivity index is 1.25. The predicted molar refractivity (Wildman–Crippen MR) is 167 cm³/mol. The Hall–Kier alpha value is -3.89. The Kier molecular flexibility index (Phi) is 8.76. The van der Waals surface area contributed by atoms with E-state index in [1.807, 2.05) is 6.92 Å². The van der Waals surface area contributed by atoms with Gasteiger partial charge in [0.15, 0.2) is 5.82 Å². The molecule has 12 nitrogen and oxygen atoms in total. The Bertz CT molecular complexity index is 1680. The molecule has 17 heteroatoms. The number of nitrogens with one attached hydrogen (secondary N) is 2. The van der Waals surface area contributed by atoms with Crippen LogP contribution in [0.2, 0.25) is 0 Å². The minimum absolute atomic E-state index is 0.0508. The topological polar surface area (TPSA) is 126 Å². The molecule has 6 heterocycles. The molecule has 7 rings (SSSR count). The second-order valence-electron chi connectivity index (χ2n) is 14.0. The van der Waals surface area contributed by atoms with Crippen molar-refractivity contribution in [3.8, 4) is 0 Å². The maximum atomic E-state index is 14.2. The first-order valence-electron chi connectivity index (χ1n) is 17.1. The summed E-state index contributed by atoms with van der Waals surface area (Å²) in [4.78, 5) is 40.5. The summed E-state index contributed by atoms with van der Waals surface area (Å²) in [6, 6.07) is 1.39. The minimum Gasteiger partial charge on any atom is -0.355 e. The molecule has 0 radical (unpaired) electrons. The van der Waals surface area contributed by atoms with Gasteiger partial charge in [-0.2, -0.15) is 28.4 Å². The number of anilines is 1. The van der Waals surface area contributed by atoms with Crippen molar-refractivity contribution < 1.29 is 31.5 Å². The van der Waals surface area contributed by atoms with Gasteiger partial charge in [0.1, 0.15) is 11.4 Å². The molecule has 2 unspecified atom stereocenters. The van der Waals surface area contributed by atoms with Crippen molar-refractivity contribution in [3.05, 3.63) is 35.5 Å². The lowest BCUT2D eigenvalue weighted by atomic mass is 9.81. The van der Waals surface area contributed by atoms with Crippen LogP contribution < -0.4 is 15.5 Å². The van der Waals surface area contributed by atoms with Gasteiger partial charge in [-0.3, -0.25) is 19.2 Å². The first kappa shape index (κ1) is 33.6. The molecular weight excluding hydrogens is 651 g/mol. The molecule has 3 aromatic heterocycles. The summed E-state index contributed by atoms with van der Waals surface area (Å²) >= 11 is 0. The van der Waals surface area contributed by atoms with E-state index in [9.17, 15) is 31.5 Å². The fourth-order valence-corrected chi connectivity index (χ4v) is 8.07. The van der Waals surface area contributed by atoms with Gasteiger partial charge in [-0.25, -0.2) is 18.3 Å². The molecule has 3 aromatic rings. The molecule has 4 aliphatic rings. The number of carbonyl (C=O) groups is 2. The lowest BCUT2D eigenvalue weighted by Crippen LogP contribution is -2.52.